The monoisotopic (exact) mass is 490 g/mol. The van der Waals surface area contributed by atoms with Gasteiger partial charge in [0.1, 0.15) is 17.2 Å². The Bertz CT molecular complexity index is 1090. The third-order valence-electron chi connectivity index (χ3n) is 5.22. The second kappa shape index (κ2) is 10.6. The fourth-order valence-electron chi connectivity index (χ4n) is 3.28. The highest BCUT2D eigenvalue weighted by atomic mass is 32.2. The molecule has 1 saturated carbocycles. The lowest BCUT2D eigenvalue weighted by atomic mass is 10.2. The number of halogens is 3. The molecule has 2 aromatic carbocycles. The normalized spacial score (nSPS) is 15.2. The molecule has 1 fully saturated rings. The Hall–Kier alpha value is -2.50. The van der Waals surface area contributed by atoms with Gasteiger partial charge in [-0.3, -0.25) is 4.72 Å². The number of hydrogen-bond donors (Lipinski definition) is 4. The zero-order chi connectivity index (χ0) is 25.0. The lowest BCUT2D eigenvalue weighted by Crippen LogP contribution is -2.34. The molecular formula is C22H29F3N2O5S. The number of anilines is 3. The Labute approximate surface area is 191 Å². The number of aliphatic hydroxyl groups excluding tert-OH is 2. The van der Waals surface area contributed by atoms with Crippen LogP contribution in [0.15, 0.2) is 24.3 Å². The smallest absolute Gasteiger partial charge is 0.238 e. The van der Waals surface area contributed by atoms with Crippen molar-refractivity contribution >= 4 is 27.1 Å². The average Bonchev–Trinajstić information content (AvgIpc) is 3.57. The van der Waals surface area contributed by atoms with Crippen molar-refractivity contribution in [3.8, 4) is 5.75 Å². The van der Waals surface area contributed by atoms with Crippen molar-refractivity contribution in [2.75, 3.05) is 23.8 Å². The summed E-state index contributed by atoms with van der Waals surface area (Å²) >= 11 is 0. The minimum absolute atomic E-state index is 0.176. The number of sulfonamides is 1. The first-order valence-electron chi connectivity index (χ1n) is 10.4. The van der Waals surface area contributed by atoms with Crippen molar-refractivity contribution < 1.29 is 36.5 Å². The third kappa shape index (κ3) is 5.71. The highest BCUT2D eigenvalue weighted by Crippen LogP contribution is 2.49. The molecule has 0 bridgehead atoms. The summed E-state index contributed by atoms with van der Waals surface area (Å²) in [6, 6.07) is 4.70. The van der Waals surface area contributed by atoms with Gasteiger partial charge in [0.15, 0.2) is 17.4 Å². The van der Waals surface area contributed by atoms with Crippen molar-refractivity contribution in [2.45, 2.75) is 50.9 Å². The van der Waals surface area contributed by atoms with Crippen molar-refractivity contribution in [1.29, 1.82) is 0 Å². The van der Waals surface area contributed by atoms with Crippen molar-refractivity contribution in [1.82, 2.24) is 0 Å². The fraction of sp³-hybridized carbons (Fsp3) is 0.455. The second-order valence-electron chi connectivity index (χ2n) is 7.56. The minimum Gasteiger partial charge on any atom is -0.493 e. The minimum atomic E-state index is -4.30. The van der Waals surface area contributed by atoms with Gasteiger partial charge in [-0.1, -0.05) is 19.9 Å². The fourth-order valence-corrected chi connectivity index (χ4v) is 5.02. The van der Waals surface area contributed by atoms with Crippen molar-refractivity contribution in [2.24, 2.45) is 0 Å². The van der Waals surface area contributed by atoms with Gasteiger partial charge in [0.05, 0.1) is 30.3 Å². The summed E-state index contributed by atoms with van der Waals surface area (Å²) in [5.74, 6) is -3.52. The van der Waals surface area contributed by atoms with Crippen molar-refractivity contribution in [3.05, 3.63) is 47.3 Å². The van der Waals surface area contributed by atoms with Crippen LogP contribution in [0.3, 0.4) is 0 Å². The molecule has 1 unspecified atom stereocenters. The molecule has 0 aliphatic heterocycles. The number of aliphatic hydroxyl groups is 2. The molecule has 11 heteroatoms. The zero-order valence-electron chi connectivity index (χ0n) is 18.9. The molecule has 0 radical (unpaired) electrons. The Morgan fingerprint density at radius 3 is 2.27 bits per heavy atom. The van der Waals surface area contributed by atoms with E-state index in [0.717, 1.165) is 7.11 Å². The first kappa shape index (κ1) is 26.7. The van der Waals surface area contributed by atoms with Crippen LogP contribution in [-0.2, 0) is 10.0 Å². The summed E-state index contributed by atoms with van der Waals surface area (Å²) in [7, 11) is -3.20. The standard InChI is InChI=1S/C20H23F3N2O5S.C2H6/c1-11-3-4-15(13(21)7-11)24-19-17(23)16(30-2)8-14(22)18(19)25-31(28,29)20(5-6-20)9-12(27)10-26;1-2/h3-4,7-8,12,24-27H,5-6,9-10H2,1-2H3;1-2H3. The van der Waals surface area contributed by atoms with Gasteiger partial charge >= 0.3 is 0 Å². The summed E-state index contributed by atoms with van der Waals surface area (Å²) in [6.07, 6.45) is -1.20. The molecule has 1 atom stereocenters. The van der Waals surface area contributed by atoms with Gasteiger partial charge in [-0.05, 0) is 43.9 Å². The van der Waals surface area contributed by atoms with Crippen LogP contribution >= 0.6 is 0 Å². The van der Waals surface area contributed by atoms with E-state index in [1.165, 1.54) is 12.1 Å². The molecule has 4 N–H and O–H groups in total. The van der Waals surface area contributed by atoms with Crippen LogP contribution in [0.2, 0.25) is 0 Å². The molecule has 0 amide bonds. The molecule has 0 saturated heterocycles. The predicted octanol–water partition coefficient (Wildman–Crippen LogP) is 4.21. The quantitative estimate of drug-likeness (QED) is 0.420. The van der Waals surface area contributed by atoms with Crippen molar-refractivity contribution in [3.63, 3.8) is 0 Å². The highest BCUT2D eigenvalue weighted by Gasteiger charge is 2.55. The van der Waals surface area contributed by atoms with Crippen LogP contribution in [0.25, 0.3) is 0 Å². The summed E-state index contributed by atoms with van der Waals surface area (Å²) in [5.41, 5.74) is -1.00. The molecule has 0 spiro atoms. The van der Waals surface area contributed by atoms with E-state index < -0.39 is 62.1 Å². The number of benzene rings is 2. The molecule has 33 heavy (non-hydrogen) atoms. The number of ether oxygens (including phenoxy) is 1. The van der Waals surface area contributed by atoms with E-state index in [1.807, 2.05) is 13.8 Å². The SMILES string of the molecule is CC.COc1cc(F)c(NS(=O)(=O)C2(CC(O)CO)CC2)c(Nc2ccc(C)cc2F)c1F. The Morgan fingerprint density at radius 1 is 1.12 bits per heavy atom. The van der Waals surface area contributed by atoms with Gasteiger partial charge in [-0.15, -0.1) is 0 Å². The summed E-state index contributed by atoms with van der Waals surface area (Å²) in [5, 5.41) is 21.1. The van der Waals surface area contributed by atoms with Gasteiger partial charge in [0.2, 0.25) is 10.0 Å². The summed E-state index contributed by atoms with van der Waals surface area (Å²) in [6.45, 7) is 5.01. The molecule has 0 heterocycles. The molecular weight excluding hydrogens is 461 g/mol. The number of nitrogens with one attached hydrogen (secondary N) is 2. The first-order valence-corrected chi connectivity index (χ1v) is 11.9. The predicted molar refractivity (Wildman–Crippen MR) is 121 cm³/mol. The van der Waals surface area contributed by atoms with Gasteiger partial charge in [-0.2, -0.15) is 0 Å². The molecule has 184 valence electrons. The molecule has 3 rings (SSSR count). The van der Waals surface area contributed by atoms with Crippen LogP contribution in [-0.4, -0.2) is 43.2 Å². The van der Waals surface area contributed by atoms with E-state index in [4.69, 9.17) is 9.84 Å². The summed E-state index contributed by atoms with van der Waals surface area (Å²) < 4.78 is 75.4. The van der Waals surface area contributed by atoms with E-state index in [1.54, 1.807) is 13.0 Å². The van der Waals surface area contributed by atoms with Gasteiger partial charge < -0.3 is 20.3 Å². The molecule has 7 nitrogen and oxygen atoms in total. The van der Waals surface area contributed by atoms with E-state index in [-0.39, 0.29) is 24.9 Å². The average molecular weight is 491 g/mol. The maximum absolute atomic E-state index is 15.0. The first-order chi connectivity index (χ1) is 15.5. The molecule has 2 aromatic rings. The maximum atomic E-state index is 15.0. The van der Waals surface area contributed by atoms with Gasteiger partial charge in [0.25, 0.3) is 0 Å². The van der Waals surface area contributed by atoms with Crippen LogP contribution in [0.1, 0.15) is 38.7 Å². The van der Waals surface area contributed by atoms with Crippen LogP contribution in [0, 0.1) is 24.4 Å². The Balaban J connectivity index is 0.00000187. The number of methoxy groups -OCH3 is 1. The van der Waals surface area contributed by atoms with Gasteiger partial charge in [-0.25, -0.2) is 21.6 Å². The maximum Gasteiger partial charge on any atom is 0.238 e. The lowest BCUT2D eigenvalue weighted by Gasteiger charge is -2.22. The van der Waals surface area contributed by atoms with Crippen LogP contribution in [0.5, 0.6) is 5.75 Å². The van der Waals surface area contributed by atoms with Crippen LogP contribution in [0.4, 0.5) is 30.2 Å². The van der Waals surface area contributed by atoms with Crippen LogP contribution < -0.4 is 14.8 Å². The van der Waals surface area contributed by atoms with E-state index in [9.17, 15) is 26.7 Å². The van der Waals surface area contributed by atoms with E-state index >= 15 is 0 Å². The van der Waals surface area contributed by atoms with E-state index in [0.29, 0.717) is 11.6 Å². The van der Waals surface area contributed by atoms with E-state index in [2.05, 4.69) is 10.0 Å². The number of aryl methyl sites for hydroxylation is 1. The Morgan fingerprint density at radius 2 is 1.76 bits per heavy atom. The Kier molecular flexibility index (Phi) is 8.61. The molecule has 1 aliphatic carbocycles. The number of rotatable bonds is 9. The van der Waals surface area contributed by atoms with Gasteiger partial charge in [0, 0.05) is 6.07 Å². The summed E-state index contributed by atoms with van der Waals surface area (Å²) in [4.78, 5) is 0. The third-order valence-corrected chi connectivity index (χ3v) is 7.41. The highest BCUT2D eigenvalue weighted by molar-refractivity contribution is 7.94. The molecule has 0 aromatic heterocycles. The molecule has 1 aliphatic rings. The second-order valence-corrected chi connectivity index (χ2v) is 9.64. The zero-order valence-corrected chi connectivity index (χ0v) is 19.7. The topological polar surface area (TPSA) is 108 Å². The lowest BCUT2D eigenvalue weighted by molar-refractivity contribution is 0.0858. The number of hydrogen-bond acceptors (Lipinski definition) is 6. The largest absolute Gasteiger partial charge is 0.493 e.